The fraction of sp³-hybridized carbons (Fsp3) is 0.167. The van der Waals surface area contributed by atoms with E-state index >= 15 is 0 Å². The summed E-state index contributed by atoms with van der Waals surface area (Å²) in [4.78, 5) is 12.0. The fourth-order valence-electron chi connectivity index (χ4n) is 2.22. The van der Waals surface area contributed by atoms with E-state index in [2.05, 4.69) is 20.2 Å². The second-order valence-electron chi connectivity index (χ2n) is 5.79. The van der Waals surface area contributed by atoms with Crippen LogP contribution in [0.25, 0.3) is 0 Å². The Morgan fingerprint density at radius 3 is 2.54 bits per heavy atom. The van der Waals surface area contributed by atoms with E-state index in [0.29, 0.717) is 5.75 Å². The van der Waals surface area contributed by atoms with Crippen molar-refractivity contribution in [3.63, 3.8) is 0 Å². The van der Waals surface area contributed by atoms with Gasteiger partial charge in [0.25, 0.3) is 15.9 Å². The number of hydrogen-bond acceptors (Lipinski definition) is 7. The lowest BCUT2D eigenvalue weighted by Crippen LogP contribution is -2.23. The third-order valence-corrected chi connectivity index (χ3v) is 6.25. The standard InChI is InChI=1S/C18H18N4O4S2/c1-13-7-5-6-10-15(13)26-12-16(23)20-17-21-22-18(27-17)28(24,25)19-11-14-8-3-2-4-9-14/h2-10,19H,11-12H2,1H3,(H,20,21,23). The van der Waals surface area contributed by atoms with Gasteiger partial charge >= 0.3 is 0 Å². The number of ether oxygens (including phenoxy) is 1. The molecule has 0 unspecified atom stereocenters. The number of hydrogen-bond donors (Lipinski definition) is 2. The predicted octanol–water partition coefficient (Wildman–Crippen LogP) is 2.34. The van der Waals surface area contributed by atoms with E-state index in [1.54, 1.807) is 6.07 Å². The minimum absolute atomic E-state index is 0.0819. The molecule has 1 heterocycles. The zero-order valence-corrected chi connectivity index (χ0v) is 16.6. The summed E-state index contributed by atoms with van der Waals surface area (Å²) in [5.74, 6) is 0.142. The van der Waals surface area contributed by atoms with Crippen molar-refractivity contribution >= 4 is 32.4 Å². The molecule has 1 amide bonds. The quantitative estimate of drug-likeness (QED) is 0.543. The monoisotopic (exact) mass is 418 g/mol. The Kier molecular flexibility index (Phi) is 6.34. The molecule has 146 valence electrons. The van der Waals surface area contributed by atoms with Crippen molar-refractivity contribution in [2.75, 3.05) is 11.9 Å². The largest absolute Gasteiger partial charge is 0.483 e. The average molecular weight is 419 g/mol. The van der Waals surface area contributed by atoms with Crippen molar-refractivity contribution in [1.29, 1.82) is 0 Å². The SMILES string of the molecule is Cc1ccccc1OCC(=O)Nc1nnc(S(=O)(=O)NCc2ccccc2)s1. The summed E-state index contributed by atoms with van der Waals surface area (Å²) in [5, 5.41) is 9.93. The molecule has 0 aliphatic rings. The molecule has 0 fully saturated rings. The number of benzene rings is 2. The number of rotatable bonds is 8. The number of nitrogens with zero attached hydrogens (tertiary/aromatic N) is 2. The van der Waals surface area contributed by atoms with Crippen LogP contribution in [0.2, 0.25) is 0 Å². The number of aryl methyl sites for hydroxylation is 1. The molecule has 2 aromatic carbocycles. The first-order valence-corrected chi connectivity index (χ1v) is 10.6. The smallest absolute Gasteiger partial charge is 0.270 e. The van der Waals surface area contributed by atoms with Crippen molar-refractivity contribution in [1.82, 2.24) is 14.9 Å². The van der Waals surface area contributed by atoms with Gasteiger partial charge in [0.15, 0.2) is 6.61 Å². The first kappa shape index (κ1) is 19.9. The van der Waals surface area contributed by atoms with Crippen LogP contribution in [-0.2, 0) is 21.4 Å². The van der Waals surface area contributed by atoms with Crippen molar-refractivity contribution in [3.8, 4) is 5.75 Å². The van der Waals surface area contributed by atoms with E-state index in [9.17, 15) is 13.2 Å². The second kappa shape index (κ2) is 8.91. The van der Waals surface area contributed by atoms with Crippen LogP contribution in [0.3, 0.4) is 0 Å². The lowest BCUT2D eigenvalue weighted by molar-refractivity contribution is -0.118. The molecule has 3 rings (SSSR count). The van der Waals surface area contributed by atoms with E-state index in [4.69, 9.17) is 4.74 Å². The van der Waals surface area contributed by atoms with Crippen molar-refractivity contribution < 1.29 is 17.9 Å². The van der Waals surface area contributed by atoms with E-state index in [-0.39, 0.29) is 22.6 Å². The highest BCUT2D eigenvalue weighted by atomic mass is 32.2. The predicted molar refractivity (Wildman–Crippen MR) is 106 cm³/mol. The van der Waals surface area contributed by atoms with Crippen LogP contribution in [0.5, 0.6) is 5.75 Å². The summed E-state index contributed by atoms with van der Waals surface area (Å²) in [5.41, 5.74) is 1.72. The average Bonchev–Trinajstić information content (AvgIpc) is 3.16. The summed E-state index contributed by atoms with van der Waals surface area (Å²) in [7, 11) is -3.82. The van der Waals surface area contributed by atoms with Crippen molar-refractivity contribution in [2.45, 2.75) is 17.8 Å². The fourth-order valence-corrected chi connectivity index (χ4v) is 4.20. The molecule has 3 aromatic rings. The molecule has 0 radical (unpaired) electrons. The van der Waals surface area contributed by atoms with E-state index in [1.807, 2.05) is 55.5 Å². The summed E-state index contributed by atoms with van der Waals surface area (Å²) in [6.07, 6.45) is 0. The molecule has 0 atom stereocenters. The van der Waals surface area contributed by atoms with Crippen LogP contribution in [-0.4, -0.2) is 31.1 Å². The van der Waals surface area contributed by atoms with Crippen LogP contribution >= 0.6 is 11.3 Å². The van der Waals surface area contributed by atoms with Gasteiger partial charge in [-0.3, -0.25) is 10.1 Å². The number of aromatic nitrogens is 2. The van der Waals surface area contributed by atoms with Crippen LogP contribution in [0.15, 0.2) is 58.9 Å². The number of para-hydroxylation sites is 1. The van der Waals surface area contributed by atoms with Gasteiger partial charge in [0, 0.05) is 6.54 Å². The minimum Gasteiger partial charge on any atom is -0.483 e. The molecule has 0 saturated carbocycles. The molecule has 10 heteroatoms. The Balaban J connectivity index is 1.55. The normalized spacial score (nSPS) is 11.2. The zero-order valence-electron chi connectivity index (χ0n) is 15.0. The number of nitrogens with one attached hydrogen (secondary N) is 2. The maximum Gasteiger partial charge on any atom is 0.270 e. The molecule has 28 heavy (non-hydrogen) atoms. The van der Waals surface area contributed by atoms with Crippen LogP contribution in [0.1, 0.15) is 11.1 Å². The number of anilines is 1. The van der Waals surface area contributed by atoms with Crippen LogP contribution in [0, 0.1) is 6.92 Å². The maximum absolute atomic E-state index is 12.3. The van der Waals surface area contributed by atoms with Gasteiger partial charge in [-0.1, -0.05) is 59.9 Å². The van der Waals surface area contributed by atoms with Gasteiger partial charge in [-0.15, -0.1) is 10.2 Å². The van der Waals surface area contributed by atoms with Crippen molar-refractivity contribution in [2.24, 2.45) is 0 Å². The van der Waals surface area contributed by atoms with Crippen molar-refractivity contribution in [3.05, 3.63) is 65.7 Å². The Morgan fingerprint density at radius 2 is 1.79 bits per heavy atom. The van der Waals surface area contributed by atoms with Gasteiger partial charge in [-0.2, -0.15) is 0 Å². The van der Waals surface area contributed by atoms with Gasteiger partial charge in [-0.25, -0.2) is 13.1 Å². The molecular formula is C18H18N4O4S2. The molecule has 0 bridgehead atoms. The number of carbonyl (C=O) groups is 1. The number of amides is 1. The molecule has 0 saturated heterocycles. The Hall–Kier alpha value is -2.82. The second-order valence-corrected chi connectivity index (χ2v) is 8.70. The maximum atomic E-state index is 12.3. The van der Waals surface area contributed by atoms with Crippen LogP contribution < -0.4 is 14.8 Å². The number of carbonyl (C=O) groups excluding carboxylic acids is 1. The topological polar surface area (TPSA) is 110 Å². The summed E-state index contributed by atoms with van der Waals surface area (Å²) < 4.78 is 32.3. The summed E-state index contributed by atoms with van der Waals surface area (Å²) in [6, 6.07) is 16.4. The van der Waals surface area contributed by atoms with Gasteiger partial charge in [0.05, 0.1) is 0 Å². The van der Waals surface area contributed by atoms with Gasteiger partial charge in [0.1, 0.15) is 5.75 Å². The van der Waals surface area contributed by atoms with E-state index in [1.165, 1.54) is 0 Å². The van der Waals surface area contributed by atoms with Gasteiger partial charge in [-0.05, 0) is 24.1 Å². The first-order chi connectivity index (χ1) is 13.4. The molecule has 2 N–H and O–H groups in total. The zero-order chi connectivity index (χ0) is 20.0. The molecule has 0 aliphatic carbocycles. The lowest BCUT2D eigenvalue weighted by Gasteiger charge is -2.07. The third-order valence-electron chi connectivity index (χ3n) is 3.64. The molecule has 1 aromatic heterocycles. The highest BCUT2D eigenvalue weighted by molar-refractivity contribution is 7.91. The Labute approximate surface area is 166 Å². The lowest BCUT2D eigenvalue weighted by atomic mass is 10.2. The van der Waals surface area contributed by atoms with Gasteiger partial charge in [0.2, 0.25) is 9.47 Å². The highest BCUT2D eigenvalue weighted by Crippen LogP contribution is 2.20. The Bertz CT molecular complexity index is 1050. The molecule has 0 spiro atoms. The Morgan fingerprint density at radius 1 is 1.07 bits per heavy atom. The highest BCUT2D eigenvalue weighted by Gasteiger charge is 2.20. The number of sulfonamides is 1. The van der Waals surface area contributed by atoms with Crippen LogP contribution in [0.4, 0.5) is 5.13 Å². The first-order valence-electron chi connectivity index (χ1n) is 8.29. The van der Waals surface area contributed by atoms with E-state index < -0.39 is 15.9 Å². The summed E-state index contributed by atoms with van der Waals surface area (Å²) >= 11 is 0.768. The third kappa shape index (κ3) is 5.35. The summed E-state index contributed by atoms with van der Waals surface area (Å²) in [6.45, 7) is 1.78. The minimum atomic E-state index is -3.82. The molecular weight excluding hydrogens is 400 g/mol. The molecule has 0 aliphatic heterocycles. The van der Waals surface area contributed by atoms with E-state index in [0.717, 1.165) is 22.5 Å². The molecule has 8 nitrogen and oxygen atoms in total. The van der Waals surface area contributed by atoms with Gasteiger partial charge < -0.3 is 4.74 Å².